The molecule has 6 heterocycles. The Balaban J connectivity index is 0.000000399. The SMILES string of the molecule is Cl.N=C1N=C(N)C(=Nc2nc(N3CCCC3)c(N)cc2N)C(N)=N1.Nc1cnc(N2CCCC2)c(N)c1.Nc1nc(N)c(N)c(N)n1.O=S(=O)(O)O.OO. The number of nitrogen functional groups attached to an aromatic ring is 8. The van der Waals surface area contributed by atoms with Gasteiger partial charge in [0.2, 0.25) is 11.9 Å². The van der Waals surface area contributed by atoms with Gasteiger partial charge in [-0.3, -0.25) is 25.0 Å². The van der Waals surface area contributed by atoms with Crippen LogP contribution in [0.3, 0.4) is 0 Å². The van der Waals surface area contributed by atoms with Crippen molar-refractivity contribution in [2.24, 2.45) is 26.4 Å². The molecule has 26 nitrogen and oxygen atoms in total. The van der Waals surface area contributed by atoms with Gasteiger partial charge in [0.25, 0.3) is 0 Å². The molecular weight excluding hydrogens is 756 g/mol. The molecule has 0 saturated carbocycles. The minimum atomic E-state index is -4.67. The first-order valence-electron chi connectivity index (χ1n) is 15.1. The number of halogens is 1. The van der Waals surface area contributed by atoms with E-state index in [0.717, 1.165) is 44.8 Å². The third kappa shape index (κ3) is 14.0. The first-order chi connectivity index (χ1) is 24.8. The molecule has 298 valence electrons. The Morgan fingerprint density at radius 1 is 0.685 bits per heavy atom. The van der Waals surface area contributed by atoms with E-state index in [2.05, 4.69) is 44.7 Å². The number of anilines is 10. The minimum absolute atomic E-state index is 0. The zero-order valence-corrected chi connectivity index (χ0v) is 30.2. The van der Waals surface area contributed by atoms with E-state index in [1.165, 1.54) is 12.8 Å². The van der Waals surface area contributed by atoms with Gasteiger partial charge in [0.15, 0.2) is 40.8 Å². The number of hydrogen-bond acceptors (Lipinski definition) is 22. The van der Waals surface area contributed by atoms with Gasteiger partial charge >= 0.3 is 10.4 Å². The Hall–Kier alpha value is -6.26. The zero-order chi connectivity index (χ0) is 40.0. The Labute approximate surface area is 314 Å². The van der Waals surface area contributed by atoms with Gasteiger partial charge in [-0.2, -0.15) is 28.4 Å². The molecule has 28 heteroatoms. The van der Waals surface area contributed by atoms with E-state index in [-0.39, 0.29) is 64.8 Å². The summed E-state index contributed by atoms with van der Waals surface area (Å²) < 4.78 is 31.6. The highest BCUT2D eigenvalue weighted by atomic mass is 35.5. The molecule has 54 heavy (non-hydrogen) atoms. The van der Waals surface area contributed by atoms with E-state index in [1.54, 1.807) is 18.3 Å². The van der Waals surface area contributed by atoms with Crippen LogP contribution in [0.15, 0.2) is 33.3 Å². The molecular formula is C26H45ClN20O6S. The maximum atomic E-state index is 8.74. The number of hydrogen-bond donors (Lipinski definition) is 15. The van der Waals surface area contributed by atoms with Crippen molar-refractivity contribution in [1.82, 2.24) is 19.9 Å². The average Bonchev–Trinajstić information content (AvgIpc) is 3.79. The molecule has 6 rings (SSSR count). The van der Waals surface area contributed by atoms with Gasteiger partial charge in [-0.1, -0.05) is 0 Å². The fourth-order valence-corrected chi connectivity index (χ4v) is 4.72. The molecule has 0 aliphatic carbocycles. The monoisotopic (exact) mass is 800 g/mol. The molecule has 0 spiro atoms. The summed E-state index contributed by atoms with van der Waals surface area (Å²) >= 11 is 0. The van der Waals surface area contributed by atoms with E-state index < -0.39 is 10.4 Å². The fraction of sp³-hybridized carbons (Fsp3) is 0.308. The third-order valence-electron chi connectivity index (χ3n) is 6.94. The summed E-state index contributed by atoms with van der Waals surface area (Å²) in [7, 11) is -4.67. The maximum absolute atomic E-state index is 8.74. The lowest BCUT2D eigenvalue weighted by atomic mass is 10.2. The molecule has 0 unspecified atom stereocenters. The predicted octanol–water partition coefficient (Wildman–Crippen LogP) is -0.981. The molecule has 0 aromatic carbocycles. The molecule has 0 atom stereocenters. The summed E-state index contributed by atoms with van der Waals surface area (Å²) in [4.78, 5) is 31.9. The Morgan fingerprint density at radius 2 is 1.11 bits per heavy atom. The zero-order valence-electron chi connectivity index (χ0n) is 28.6. The van der Waals surface area contributed by atoms with Crippen LogP contribution >= 0.6 is 12.4 Å². The molecule has 0 radical (unpaired) electrons. The lowest BCUT2D eigenvalue weighted by molar-refractivity contribution is -0.176. The van der Waals surface area contributed by atoms with Gasteiger partial charge in [0.1, 0.15) is 11.4 Å². The second kappa shape index (κ2) is 20.7. The molecule has 0 amide bonds. The number of guanidine groups is 1. The molecule has 2 saturated heterocycles. The van der Waals surface area contributed by atoms with Crippen molar-refractivity contribution in [1.29, 1.82) is 5.41 Å². The summed E-state index contributed by atoms with van der Waals surface area (Å²) in [6, 6.07) is 3.38. The van der Waals surface area contributed by atoms with Crippen LogP contribution in [0.1, 0.15) is 25.7 Å². The van der Waals surface area contributed by atoms with Gasteiger partial charge in [0, 0.05) is 26.2 Å². The Bertz CT molecular complexity index is 1900. The van der Waals surface area contributed by atoms with Crippen molar-refractivity contribution >= 4 is 110 Å². The summed E-state index contributed by atoms with van der Waals surface area (Å²) in [6.45, 7) is 3.89. The van der Waals surface area contributed by atoms with Crippen LogP contribution in [0.25, 0.3) is 0 Å². The van der Waals surface area contributed by atoms with Gasteiger partial charge in [-0.15, -0.1) is 12.4 Å². The van der Waals surface area contributed by atoms with E-state index in [0.29, 0.717) is 28.6 Å². The highest BCUT2D eigenvalue weighted by Gasteiger charge is 2.21. The van der Waals surface area contributed by atoms with Gasteiger partial charge in [-0.25, -0.2) is 15.0 Å². The van der Waals surface area contributed by atoms with Crippen LogP contribution in [-0.2, 0) is 10.4 Å². The molecule has 25 N–H and O–H groups in total. The van der Waals surface area contributed by atoms with Crippen LogP contribution in [-0.4, -0.2) is 97.5 Å². The van der Waals surface area contributed by atoms with Crippen molar-refractivity contribution in [3.05, 3.63) is 18.3 Å². The number of nitrogens with two attached hydrogens (primary N) is 10. The van der Waals surface area contributed by atoms with E-state index >= 15 is 0 Å². The topological polar surface area (TPSA) is 494 Å². The minimum Gasteiger partial charge on any atom is -0.397 e. The second-order valence-electron chi connectivity index (χ2n) is 10.9. The van der Waals surface area contributed by atoms with E-state index in [1.807, 2.05) is 0 Å². The molecule has 0 bridgehead atoms. The molecule has 2 fully saturated rings. The molecule has 3 aliphatic rings. The van der Waals surface area contributed by atoms with E-state index in [4.69, 9.17) is 90.8 Å². The van der Waals surface area contributed by atoms with Crippen LogP contribution in [0.5, 0.6) is 0 Å². The second-order valence-corrected chi connectivity index (χ2v) is 11.8. The number of pyridine rings is 2. The normalized spacial score (nSPS) is 14.6. The third-order valence-corrected chi connectivity index (χ3v) is 6.94. The molecule has 3 aromatic heterocycles. The summed E-state index contributed by atoms with van der Waals surface area (Å²) in [5, 5.41) is 19.4. The number of nitrogens with one attached hydrogen (secondary N) is 1. The van der Waals surface area contributed by atoms with Crippen LogP contribution in [0.2, 0.25) is 0 Å². The lowest BCUT2D eigenvalue weighted by Crippen LogP contribution is -2.39. The molecule has 3 aromatic rings. The molecule has 3 aliphatic heterocycles. The standard InChI is InChI=1S/C13H18N10.C9H14N4.C4H8N6.ClH.H2O4S.H2O2/c14-6-5-7(15)12(23-3-1-2-4-23)22-11(6)19-8-9(16)20-13(18)21-10(8)17;10-7-5-8(11)9(12-6-7)13-3-1-2-4-13;5-1-2(6)9-4(8)10-3(1)7;;1-5(2,3)4;1-2/h5H,1-4,14-15H2,(H5,16,17,18,20,21);5-6H,1-4,10-11H2;5H2,(H6,6,7,8,9,10);1H;(H2,1,2,3,4);1-2H. The van der Waals surface area contributed by atoms with Crippen molar-refractivity contribution < 1.29 is 28.0 Å². The largest absolute Gasteiger partial charge is 0.397 e. The van der Waals surface area contributed by atoms with Crippen molar-refractivity contribution in [3.8, 4) is 0 Å². The van der Waals surface area contributed by atoms with Crippen molar-refractivity contribution in [2.75, 3.05) is 81.8 Å². The highest BCUT2D eigenvalue weighted by molar-refractivity contribution is 7.79. The first-order valence-corrected chi connectivity index (χ1v) is 16.5. The van der Waals surface area contributed by atoms with Gasteiger partial charge < -0.3 is 67.1 Å². The average molecular weight is 801 g/mol. The van der Waals surface area contributed by atoms with Gasteiger partial charge in [-0.05, 0) is 37.8 Å². The number of aliphatic imine (C=N–C) groups is 3. The maximum Gasteiger partial charge on any atom is 0.394 e. The number of nitrogens with zero attached hydrogens (tertiary/aromatic N) is 9. The fourth-order valence-electron chi connectivity index (χ4n) is 4.72. The first kappa shape index (κ1) is 45.8. The van der Waals surface area contributed by atoms with Crippen LogP contribution in [0, 0.1) is 5.41 Å². The Kier molecular flexibility index (Phi) is 17.5. The van der Waals surface area contributed by atoms with Crippen LogP contribution < -0.4 is 67.1 Å². The summed E-state index contributed by atoms with van der Waals surface area (Å²) in [5.41, 5.74) is 58.4. The number of rotatable bonds is 3. The lowest BCUT2D eigenvalue weighted by Gasteiger charge is -2.19. The summed E-state index contributed by atoms with van der Waals surface area (Å²) in [6.07, 6.45) is 6.30. The Morgan fingerprint density at radius 3 is 1.56 bits per heavy atom. The van der Waals surface area contributed by atoms with Gasteiger partial charge in [0.05, 0.1) is 28.9 Å². The predicted molar refractivity (Wildman–Crippen MR) is 213 cm³/mol. The number of aromatic nitrogens is 4. The van der Waals surface area contributed by atoms with Crippen molar-refractivity contribution in [2.45, 2.75) is 25.7 Å². The van der Waals surface area contributed by atoms with E-state index in [9.17, 15) is 0 Å². The summed E-state index contributed by atoms with van der Waals surface area (Å²) in [5.74, 6) is 1.78. The van der Waals surface area contributed by atoms with Crippen molar-refractivity contribution in [3.63, 3.8) is 0 Å². The van der Waals surface area contributed by atoms with Crippen LogP contribution in [0.4, 0.5) is 63.5 Å². The quantitative estimate of drug-likeness (QED) is 0.0859. The number of amidine groups is 2. The smallest absolute Gasteiger partial charge is 0.394 e. The highest BCUT2D eigenvalue weighted by Crippen LogP contribution is 2.32.